The summed E-state index contributed by atoms with van der Waals surface area (Å²) < 4.78 is 15.9. The minimum Gasteiger partial charge on any atom is -0.459 e. The van der Waals surface area contributed by atoms with Crippen molar-refractivity contribution in [3.63, 3.8) is 0 Å². The second kappa shape index (κ2) is 4.85. The van der Waals surface area contributed by atoms with E-state index in [9.17, 15) is 4.79 Å². The highest BCUT2D eigenvalue weighted by Gasteiger charge is 2.37. The largest absolute Gasteiger partial charge is 0.459 e. The fraction of sp³-hybridized carbons (Fsp3) is 0.462. The van der Waals surface area contributed by atoms with Crippen molar-refractivity contribution in [3.05, 3.63) is 35.9 Å². The smallest absolute Gasteiger partial charge is 0.338 e. The molecular formula is C13H16O4. The first kappa shape index (κ1) is 12.1. The summed E-state index contributed by atoms with van der Waals surface area (Å²) in [6.45, 7) is 4.07. The lowest BCUT2D eigenvalue weighted by Crippen LogP contribution is -2.28. The lowest BCUT2D eigenvalue weighted by Gasteiger charge is -2.16. The molecule has 17 heavy (non-hydrogen) atoms. The lowest BCUT2D eigenvalue weighted by atomic mass is 10.2. The van der Waals surface area contributed by atoms with E-state index < -0.39 is 11.9 Å². The summed E-state index contributed by atoms with van der Waals surface area (Å²) in [7, 11) is 0. The molecule has 0 spiro atoms. The van der Waals surface area contributed by atoms with Gasteiger partial charge in [-0.25, -0.2) is 4.79 Å². The maximum Gasteiger partial charge on any atom is 0.338 e. The zero-order valence-electron chi connectivity index (χ0n) is 10.0. The van der Waals surface area contributed by atoms with Crippen molar-refractivity contribution in [2.45, 2.75) is 32.3 Å². The summed E-state index contributed by atoms with van der Waals surface area (Å²) >= 11 is 0. The van der Waals surface area contributed by atoms with Gasteiger partial charge in [0.25, 0.3) is 0 Å². The van der Waals surface area contributed by atoms with Gasteiger partial charge in [-0.2, -0.15) is 0 Å². The fourth-order valence-corrected chi connectivity index (χ4v) is 1.62. The van der Waals surface area contributed by atoms with Gasteiger partial charge < -0.3 is 14.2 Å². The third kappa shape index (κ3) is 3.28. The van der Waals surface area contributed by atoms with Crippen LogP contribution < -0.4 is 0 Å². The maximum absolute atomic E-state index is 11.7. The molecule has 1 aromatic carbocycles. The molecule has 0 radical (unpaired) electrons. The molecule has 0 aromatic heterocycles. The van der Waals surface area contributed by atoms with E-state index in [2.05, 4.69) is 0 Å². The molecule has 2 rings (SSSR count). The Hall–Kier alpha value is -1.39. The Balaban J connectivity index is 1.83. The highest BCUT2D eigenvalue weighted by Crippen LogP contribution is 2.23. The summed E-state index contributed by atoms with van der Waals surface area (Å²) in [6, 6.07) is 9.54. The van der Waals surface area contributed by atoms with Crippen molar-refractivity contribution in [3.8, 4) is 0 Å². The molecule has 1 fully saturated rings. The first-order valence-electron chi connectivity index (χ1n) is 5.59. The number of rotatable bonds is 3. The van der Waals surface area contributed by atoms with Crippen molar-refractivity contribution in [2.75, 3.05) is 6.61 Å². The molecule has 0 saturated carbocycles. The van der Waals surface area contributed by atoms with Gasteiger partial charge in [-0.3, -0.25) is 0 Å². The molecule has 0 amide bonds. The van der Waals surface area contributed by atoms with Gasteiger partial charge in [0.05, 0.1) is 6.61 Å². The molecule has 0 N–H and O–H groups in total. The van der Waals surface area contributed by atoms with Gasteiger partial charge in [0, 0.05) is 0 Å². The Morgan fingerprint density at radius 1 is 1.41 bits per heavy atom. The van der Waals surface area contributed by atoms with Crippen LogP contribution in [0.25, 0.3) is 0 Å². The topological polar surface area (TPSA) is 44.8 Å². The van der Waals surface area contributed by atoms with Crippen LogP contribution in [-0.4, -0.2) is 24.5 Å². The average Bonchev–Trinajstić information content (AvgIpc) is 2.68. The Bertz CT molecular complexity index is 386. The molecule has 1 atom stereocenters. The number of carbonyl (C=O) groups excluding carboxylic acids is 1. The van der Waals surface area contributed by atoms with Crippen molar-refractivity contribution in [1.82, 2.24) is 0 Å². The van der Waals surface area contributed by atoms with Crippen molar-refractivity contribution < 1.29 is 19.0 Å². The van der Waals surface area contributed by atoms with E-state index in [4.69, 9.17) is 14.2 Å². The third-order valence-corrected chi connectivity index (χ3v) is 2.50. The molecule has 1 aromatic rings. The lowest BCUT2D eigenvalue weighted by molar-refractivity contribution is -0.170. The van der Waals surface area contributed by atoms with Crippen LogP contribution in [-0.2, 0) is 25.6 Å². The third-order valence-electron chi connectivity index (χ3n) is 2.50. The normalized spacial score (nSPS) is 22.4. The zero-order valence-corrected chi connectivity index (χ0v) is 10.0. The summed E-state index contributed by atoms with van der Waals surface area (Å²) in [6.07, 6.45) is -0.617. The van der Waals surface area contributed by atoms with Gasteiger partial charge in [-0.1, -0.05) is 30.3 Å². The molecule has 4 nitrogen and oxygen atoms in total. The van der Waals surface area contributed by atoms with E-state index in [1.165, 1.54) is 0 Å². The van der Waals surface area contributed by atoms with Crippen LogP contribution in [0.2, 0.25) is 0 Å². The van der Waals surface area contributed by atoms with Gasteiger partial charge in [0.2, 0.25) is 0 Å². The molecule has 92 valence electrons. The van der Waals surface area contributed by atoms with Crippen LogP contribution >= 0.6 is 0 Å². The molecule has 1 aliphatic rings. The minimum absolute atomic E-state index is 0.251. The van der Waals surface area contributed by atoms with Gasteiger partial charge in [0.15, 0.2) is 11.9 Å². The Labute approximate surface area is 100 Å². The first-order valence-corrected chi connectivity index (χ1v) is 5.59. The van der Waals surface area contributed by atoms with Gasteiger partial charge in [-0.05, 0) is 19.4 Å². The molecule has 1 aliphatic heterocycles. The number of esters is 1. The SMILES string of the molecule is CC1(C)OC[C@H](C(=O)OCc2ccccc2)O1. The van der Waals surface area contributed by atoms with Gasteiger partial charge in [-0.15, -0.1) is 0 Å². The highest BCUT2D eigenvalue weighted by molar-refractivity contribution is 5.75. The average molecular weight is 236 g/mol. The summed E-state index contributed by atoms with van der Waals surface area (Å²) in [5.74, 6) is -1.07. The van der Waals surface area contributed by atoms with E-state index in [0.717, 1.165) is 5.56 Å². The highest BCUT2D eigenvalue weighted by atomic mass is 16.8. The maximum atomic E-state index is 11.7. The van der Waals surface area contributed by atoms with Crippen molar-refractivity contribution in [1.29, 1.82) is 0 Å². The predicted molar refractivity (Wildman–Crippen MR) is 61.1 cm³/mol. The number of carbonyl (C=O) groups is 1. The predicted octanol–water partition coefficient (Wildman–Crippen LogP) is 1.88. The number of ether oxygens (including phenoxy) is 3. The molecule has 0 aliphatic carbocycles. The summed E-state index contributed by atoms with van der Waals surface area (Å²) in [5, 5.41) is 0. The second-order valence-corrected chi connectivity index (χ2v) is 4.41. The zero-order chi connectivity index (χ0) is 12.3. The van der Waals surface area contributed by atoms with E-state index in [1.54, 1.807) is 13.8 Å². The molecule has 1 heterocycles. The van der Waals surface area contributed by atoms with Crippen LogP contribution in [0.3, 0.4) is 0 Å². The Morgan fingerprint density at radius 3 is 2.71 bits per heavy atom. The molecule has 4 heteroatoms. The van der Waals surface area contributed by atoms with E-state index >= 15 is 0 Å². The van der Waals surface area contributed by atoms with Gasteiger partial charge in [0.1, 0.15) is 6.61 Å². The summed E-state index contributed by atoms with van der Waals surface area (Å²) in [4.78, 5) is 11.7. The van der Waals surface area contributed by atoms with Gasteiger partial charge >= 0.3 is 5.97 Å². The van der Waals surface area contributed by atoms with E-state index in [-0.39, 0.29) is 19.2 Å². The number of hydrogen-bond donors (Lipinski definition) is 0. The molecule has 0 unspecified atom stereocenters. The second-order valence-electron chi connectivity index (χ2n) is 4.41. The van der Waals surface area contributed by atoms with Crippen LogP contribution in [0.15, 0.2) is 30.3 Å². The van der Waals surface area contributed by atoms with Crippen LogP contribution in [0.5, 0.6) is 0 Å². The van der Waals surface area contributed by atoms with E-state index in [0.29, 0.717) is 0 Å². The van der Waals surface area contributed by atoms with Crippen LogP contribution in [0.4, 0.5) is 0 Å². The standard InChI is InChI=1S/C13H16O4/c1-13(2)16-9-11(17-13)12(14)15-8-10-6-4-3-5-7-10/h3-7,11H,8-9H2,1-2H3/t11-/m1/s1. The van der Waals surface area contributed by atoms with Crippen LogP contribution in [0, 0.1) is 0 Å². The number of benzene rings is 1. The molecule has 1 saturated heterocycles. The van der Waals surface area contributed by atoms with Crippen molar-refractivity contribution in [2.24, 2.45) is 0 Å². The first-order chi connectivity index (χ1) is 8.07. The quantitative estimate of drug-likeness (QED) is 0.752. The Kier molecular flexibility index (Phi) is 3.45. The van der Waals surface area contributed by atoms with E-state index in [1.807, 2.05) is 30.3 Å². The number of hydrogen-bond acceptors (Lipinski definition) is 4. The fourth-order valence-electron chi connectivity index (χ4n) is 1.62. The minimum atomic E-state index is -0.698. The summed E-state index contributed by atoms with van der Waals surface area (Å²) in [5.41, 5.74) is 0.957. The Morgan fingerprint density at radius 2 is 2.12 bits per heavy atom. The monoisotopic (exact) mass is 236 g/mol. The van der Waals surface area contributed by atoms with Crippen molar-refractivity contribution >= 4 is 5.97 Å². The molecule has 0 bridgehead atoms. The van der Waals surface area contributed by atoms with Crippen LogP contribution in [0.1, 0.15) is 19.4 Å². The molecular weight excluding hydrogens is 220 g/mol.